The SMILES string of the molecule is CC/C=C\C/C=C\C/C=C\CCCCCCCCCC(=O)OCC(COCCCCCCCC)OC(=O)CCCCCCC/C=C\CCCCCCCC. The van der Waals surface area contributed by atoms with Crippen molar-refractivity contribution in [2.24, 2.45) is 0 Å². The summed E-state index contributed by atoms with van der Waals surface area (Å²) in [5.74, 6) is -0.417. The van der Waals surface area contributed by atoms with Crippen LogP contribution in [-0.2, 0) is 23.8 Å². The maximum absolute atomic E-state index is 12.7. The molecule has 0 saturated carbocycles. The second kappa shape index (κ2) is 45.3. The van der Waals surface area contributed by atoms with Gasteiger partial charge in [-0.05, 0) is 77.0 Å². The molecule has 0 amide bonds. The predicted molar refractivity (Wildman–Crippen MR) is 233 cm³/mol. The summed E-state index contributed by atoms with van der Waals surface area (Å²) >= 11 is 0. The Bertz CT molecular complexity index is 904. The molecular weight excluding hydrogens is 669 g/mol. The Morgan fingerprint density at radius 2 is 0.833 bits per heavy atom. The van der Waals surface area contributed by atoms with Crippen LogP contribution in [0.15, 0.2) is 48.6 Å². The second-order valence-electron chi connectivity index (χ2n) is 15.3. The zero-order chi connectivity index (χ0) is 39.3. The number of rotatable bonds is 42. The van der Waals surface area contributed by atoms with Gasteiger partial charge in [-0.3, -0.25) is 9.59 Å². The van der Waals surface area contributed by atoms with Gasteiger partial charge < -0.3 is 14.2 Å². The van der Waals surface area contributed by atoms with Crippen LogP contribution in [-0.4, -0.2) is 37.9 Å². The number of carbonyl (C=O) groups is 2. The third-order valence-electron chi connectivity index (χ3n) is 9.85. The zero-order valence-electron chi connectivity index (χ0n) is 36.0. The topological polar surface area (TPSA) is 61.8 Å². The largest absolute Gasteiger partial charge is 0.462 e. The average molecular weight is 757 g/mol. The Kier molecular flexibility index (Phi) is 43.5. The highest BCUT2D eigenvalue weighted by Crippen LogP contribution is 2.13. The van der Waals surface area contributed by atoms with Gasteiger partial charge in [0.2, 0.25) is 0 Å². The van der Waals surface area contributed by atoms with Crippen molar-refractivity contribution >= 4 is 11.9 Å². The Labute approximate surface area is 335 Å². The normalized spacial score (nSPS) is 12.6. The highest BCUT2D eigenvalue weighted by atomic mass is 16.6. The van der Waals surface area contributed by atoms with E-state index in [1.54, 1.807) is 0 Å². The summed E-state index contributed by atoms with van der Waals surface area (Å²) in [6.45, 7) is 7.67. The lowest BCUT2D eigenvalue weighted by Crippen LogP contribution is -2.30. The Morgan fingerprint density at radius 3 is 1.35 bits per heavy atom. The van der Waals surface area contributed by atoms with Crippen molar-refractivity contribution in [2.75, 3.05) is 19.8 Å². The van der Waals surface area contributed by atoms with E-state index in [-0.39, 0.29) is 25.2 Å². The lowest BCUT2D eigenvalue weighted by molar-refractivity contribution is -0.163. The van der Waals surface area contributed by atoms with E-state index in [9.17, 15) is 9.59 Å². The fourth-order valence-corrected chi connectivity index (χ4v) is 6.40. The molecule has 1 unspecified atom stereocenters. The van der Waals surface area contributed by atoms with Crippen LogP contribution in [0.5, 0.6) is 0 Å². The number of allylic oxidation sites excluding steroid dienone is 8. The fourth-order valence-electron chi connectivity index (χ4n) is 6.40. The van der Waals surface area contributed by atoms with E-state index in [4.69, 9.17) is 14.2 Å². The van der Waals surface area contributed by atoms with Gasteiger partial charge in [0.05, 0.1) is 6.61 Å². The lowest BCUT2D eigenvalue weighted by Gasteiger charge is -2.18. The van der Waals surface area contributed by atoms with Crippen molar-refractivity contribution in [3.8, 4) is 0 Å². The van der Waals surface area contributed by atoms with Gasteiger partial charge in [0, 0.05) is 19.4 Å². The molecule has 0 aliphatic rings. The number of carbonyl (C=O) groups excluding carboxylic acids is 2. The summed E-state index contributed by atoms with van der Waals surface area (Å²) in [6.07, 6.45) is 54.0. The highest BCUT2D eigenvalue weighted by molar-refractivity contribution is 5.70. The number of unbranched alkanes of at least 4 members (excludes halogenated alkanes) is 23. The first-order chi connectivity index (χ1) is 26.6. The molecule has 0 heterocycles. The molecular formula is C49H88O5. The van der Waals surface area contributed by atoms with Gasteiger partial charge in [-0.1, -0.05) is 185 Å². The van der Waals surface area contributed by atoms with Gasteiger partial charge in [-0.25, -0.2) is 0 Å². The molecule has 0 aliphatic heterocycles. The highest BCUT2D eigenvalue weighted by Gasteiger charge is 2.17. The summed E-state index contributed by atoms with van der Waals surface area (Å²) in [7, 11) is 0. The number of ether oxygens (including phenoxy) is 3. The zero-order valence-corrected chi connectivity index (χ0v) is 36.0. The van der Waals surface area contributed by atoms with Crippen molar-refractivity contribution in [1.82, 2.24) is 0 Å². The number of esters is 2. The summed E-state index contributed by atoms with van der Waals surface area (Å²) in [4.78, 5) is 25.2. The molecule has 54 heavy (non-hydrogen) atoms. The van der Waals surface area contributed by atoms with Gasteiger partial charge in [0.25, 0.3) is 0 Å². The van der Waals surface area contributed by atoms with E-state index in [2.05, 4.69) is 69.4 Å². The van der Waals surface area contributed by atoms with Crippen LogP contribution in [0.1, 0.15) is 226 Å². The first-order valence-corrected chi connectivity index (χ1v) is 23.2. The molecule has 0 rings (SSSR count). The van der Waals surface area contributed by atoms with Crippen molar-refractivity contribution in [3.63, 3.8) is 0 Å². The van der Waals surface area contributed by atoms with Crippen molar-refractivity contribution < 1.29 is 23.8 Å². The Balaban J connectivity index is 4.13. The standard InChI is InChI=1S/C49H88O5/c1-4-7-10-13-16-18-20-22-24-25-27-28-30-32-34-36-39-42-48(50)53-46-47(45-52-44-41-38-15-12-9-6-3)54-49(51)43-40-37-35-33-31-29-26-23-21-19-17-14-11-8-5-2/h7,10,16,18,22-24,26,47H,4-6,8-9,11-15,17,19-21,25,27-46H2,1-3H3/b10-7-,18-16-,24-22-,26-23-. The monoisotopic (exact) mass is 757 g/mol. The first kappa shape index (κ1) is 51.9. The Morgan fingerprint density at radius 1 is 0.426 bits per heavy atom. The van der Waals surface area contributed by atoms with E-state index in [1.165, 1.54) is 109 Å². The van der Waals surface area contributed by atoms with Gasteiger partial charge in [-0.15, -0.1) is 0 Å². The van der Waals surface area contributed by atoms with E-state index < -0.39 is 6.10 Å². The van der Waals surface area contributed by atoms with Crippen LogP contribution in [0, 0.1) is 0 Å². The van der Waals surface area contributed by atoms with Crippen LogP contribution in [0.2, 0.25) is 0 Å². The molecule has 0 spiro atoms. The second-order valence-corrected chi connectivity index (χ2v) is 15.3. The molecule has 0 aliphatic carbocycles. The summed E-state index contributed by atoms with van der Waals surface area (Å²) in [5, 5.41) is 0. The minimum absolute atomic E-state index is 0.0779. The molecule has 0 aromatic carbocycles. The van der Waals surface area contributed by atoms with Crippen LogP contribution in [0.4, 0.5) is 0 Å². The molecule has 314 valence electrons. The van der Waals surface area contributed by atoms with Crippen LogP contribution in [0.3, 0.4) is 0 Å². The van der Waals surface area contributed by atoms with Crippen LogP contribution >= 0.6 is 0 Å². The minimum Gasteiger partial charge on any atom is -0.462 e. The maximum Gasteiger partial charge on any atom is 0.306 e. The van der Waals surface area contributed by atoms with Gasteiger partial charge in [0.1, 0.15) is 6.61 Å². The third-order valence-corrected chi connectivity index (χ3v) is 9.85. The molecule has 0 radical (unpaired) electrons. The molecule has 0 saturated heterocycles. The van der Waals surface area contributed by atoms with Crippen molar-refractivity contribution in [2.45, 2.75) is 232 Å². The predicted octanol–water partition coefficient (Wildman–Crippen LogP) is 15.2. The third kappa shape index (κ3) is 42.6. The fraction of sp³-hybridized carbons (Fsp3) is 0.796. The quantitative estimate of drug-likeness (QED) is 0.0353. The average Bonchev–Trinajstić information content (AvgIpc) is 3.17. The molecule has 0 aromatic rings. The summed E-state index contributed by atoms with van der Waals surface area (Å²) < 4.78 is 17.2. The van der Waals surface area contributed by atoms with Gasteiger partial charge in [0.15, 0.2) is 6.10 Å². The molecule has 1 atom stereocenters. The molecule has 5 nitrogen and oxygen atoms in total. The molecule has 5 heteroatoms. The first-order valence-electron chi connectivity index (χ1n) is 23.2. The van der Waals surface area contributed by atoms with Gasteiger partial charge >= 0.3 is 11.9 Å². The Hall–Kier alpha value is -2.14. The van der Waals surface area contributed by atoms with Gasteiger partial charge in [-0.2, -0.15) is 0 Å². The molecule has 0 N–H and O–H groups in total. The maximum atomic E-state index is 12.7. The minimum atomic E-state index is -0.538. The van der Waals surface area contributed by atoms with E-state index in [0.717, 1.165) is 83.5 Å². The smallest absolute Gasteiger partial charge is 0.306 e. The molecule has 0 fully saturated rings. The summed E-state index contributed by atoms with van der Waals surface area (Å²) in [6, 6.07) is 0. The van der Waals surface area contributed by atoms with Crippen LogP contribution < -0.4 is 0 Å². The van der Waals surface area contributed by atoms with E-state index in [0.29, 0.717) is 19.4 Å². The van der Waals surface area contributed by atoms with Crippen molar-refractivity contribution in [1.29, 1.82) is 0 Å². The molecule has 0 bridgehead atoms. The lowest BCUT2D eigenvalue weighted by atomic mass is 10.1. The molecule has 0 aromatic heterocycles. The van der Waals surface area contributed by atoms with Crippen molar-refractivity contribution in [3.05, 3.63) is 48.6 Å². The summed E-state index contributed by atoms with van der Waals surface area (Å²) in [5.41, 5.74) is 0. The number of hydrogen-bond acceptors (Lipinski definition) is 5. The van der Waals surface area contributed by atoms with E-state index in [1.807, 2.05) is 0 Å². The van der Waals surface area contributed by atoms with E-state index >= 15 is 0 Å². The number of hydrogen-bond donors (Lipinski definition) is 0. The van der Waals surface area contributed by atoms with Crippen LogP contribution in [0.25, 0.3) is 0 Å².